The van der Waals surface area contributed by atoms with Crippen LogP contribution >= 0.6 is 0 Å². The van der Waals surface area contributed by atoms with Gasteiger partial charge < -0.3 is 35.5 Å². The molecule has 216 valence electrons. The summed E-state index contributed by atoms with van der Waals surface area (Å²) < 4.78 is 5.68. The highest BCUT2D eigenvalue weighted by molar-refractivity contribution is 6.12. The Bertz CT molecular complexity index is 1310. The highest BCUT2D eigenvalue weighted by Gasteiger charge is 2.29. The van der Waals surface area contributed by atoms with Crippen LogP contribution in [-0.4, -0.2) is 75.0 Å². The Labute approximate surface area is 233 Å². The standard InChI is InChI=1S/C26H32N2O2.C4H6O6/c1-4-30-25-8-6-5-7-20(25)26(29)19-10-12-24-22(14-19)21-13-18(9-11-23(21)28-24)16-27-15-17(2)3;5-1(3(7)8)2(6)4(9)10/h5-8,10,12,14,17-18,27-28H,4,9,11,13,15-16H2,1-3H3;1-2,5-6H,(H,7,8)(H,9,10). The number of hydrogen-bond acceptors (Lipinski definition) is 7. The van der Waals surface area contributed by atoms with E-state index in [0.717, 1.165) is 37.0 Å². The predicted octanol–water partition coefficient (Wildman–Crippen LogP) is 3.03. The second kappa shape index (κ2) is 14.1. The fraction of sp³-hybridized carbons (Fsp3) is 0.433. The third kappa shape index (κ3) is 7.68. The minimum atomic E-state index is -2.27. The van der Waals surface area contributed by atoms with E-state index in [2.05, 4.69) is 36.3 Å². The zero-order valence-electron chi connectivity index (χ0n) is 23.0. The van der Waals surface area contributed by atoms with Gasteiger partial charge in [-0.05, 0) is 87.0 Å². The van der Waals surface area contributed by atoms with Gasteiger partial charge in [0.15, 0.2) is 18.0 Å². The molecule has 1 heterocycles. The molecule has 2 aromatic carbocycles. The molecule has 0 bridgehead atoms. The number of ketones is 1. The number of hydrogen-bond donors (Lipinski definition) is 6. The molecule has 3 unspecified atom stereocenters. The van der Waals surface area contributed by atoms with Crippen molar-refractivity contribution in [3.63, 3.8) is 0 Å². The molecule has 1 aromatic heterocycles. The largest absolute Gasteiger partial charge is 0.493 e. The third-order valence-electron chi connectivity index (χ3n) is 6.77. The van der Waals surface area contributed by atoms with Crippen molar-refractivity contribution in [1.29, 1.82) is 0 Å². The SMILES string of the molecule is CCOc1ccccc1C(=O)c1ccc2[nH]c3c(c2c1)CC(CNCC(C)C)CC3.O=C(O)C(O)C(O)C(=O)O. The number of carboxylic acid groups (broad SMARTS) is 2. The molecular formula is C30H38N2O8. The molecule has 0 aliphatic heterocycles. The van der Waals surface area contributed by atoms with E-state index >= 15 is 0 Å². The minimum absolute atomic E-state index is 0.0156. The number of ether oxygens (including phenoxy) is 1. The number of aryl methyl sites for hydroxylation is 1. The first-order valence-corrected chi connectivity index (χ1v) is 13.5. The molecule has 0 radical (unpaired) electrons. The van der Waals surface area contributed by atoms with E-state index in [1.165, 1.54) is 23.1 Å². The van der Waals surface area contributed by atoms with Crippen LogP contribution in [0, 0.1) is 11.8 Å². The molecule has 0 saturated heterocycles. The molecule has 10 heteroatoms. The zero-order chi connectivity index (χ0) is 29.4. The maximum Gasteiger partial charge on any atom is 0.335 e. The molecule has 1 aliphatic rings. The van der Waals surface area contributed by atoms with Crippen molar-refractivity contribution in [3.05, 3.63) is 64.8 Å². The Morgan fingerprint density at radius 2 is 1.73 bits per heavy atom. The number of para-hydroxylation sites is 1. The molecule has 0 amide bonds. The van der Waals surface area contributed by atoms with E-state index in [1.54, 1.807) is 0 Å². The summed E-state index contributed by atoms with van der Waals surface area (Å²) in [5.41, 5.74) is 5.20. The summed E-state index contributed by atoms with van der Waals surface area (Å²) in [4.78, 5) is 36.4. The van der Waals surface area contributed by atoms with Crippen molar-refractivity contribution in [2.24, 2.45) is 11.8 Å². The first-order valence-electron chi connectivity index (χ1n) is 13.5. The number of rotatable bonds is 11. The second-order valence-corrected chi connectivity index (χ2v) is 10.3. The van der Waals surface area contributed by atoms with Gasteiger partial charge in [-0.3, -0.25) is 4.79 Å². The molecule has 1 aliphatic carbocycles. The monoisotopic (exact) mass is 554 g/mol. The van der Waals surface area contributed by atoms with E-state index in [1.807, 2.05) is 37.3 Å². The summed E-state index contributed by atoms with van der Waals surface area (Å²) in [7, 11) is 0. The van der Waals surface area contributed by atoms with Crippen LogP contribution in [0.2, 0.25) is 0 Å². The highest BCUT2D eigenvalue weighted by atomic mass is 16.5. The van der Waals surface area contributed by atoms with Gasteiger partial charge in [-0.25, -0.2) is 9.59 Å². The second-order valence-electron chi connectivity index (χ2n) is 10.3. The van der Waals surface area contributed by atoms with Crippen LogP contribution < -0.4 is 10.1 Å². The number of aliphatic hydroxyl groups excluding tert-OH is 2. The number of aliphatic carboxylic acids is 2. The average molecular weight is 555 g/mol. The molecule has 0 fully saturated rings. The van der Waals surface area contributed by atoms with Crippen LogP contribution in [0.3, 0.4) is 0 Å². The first kappa shape index (κ1) is 30.8. The fourth-order valence-corrected chi connectivity index (χ4v) is 4.74. The van der Waals surface area contributed by atoms with Gasteiger partial charge in [0.25, 0.3) is 0 Å². The fourth-order valence-electron chi connectivity index (χ4n) is 4.74. The topological polar surface area (TPSA) is 169 Å². The van der Waals surface area contributed by atoms with Crippen molar-refractivity contribution < 1.29 is 39.5 Å². The van der Waals surface area contributed by atoms with Gasteiger partial charge in [-0.2, -0.15) is 0 Å². The van der Waals surface area contributed by atoms with Crippen LogP contribution in [-0.2, 0) is 22.4 Å². The summed E-state index contributed by atoms with van der Waals surface area (Å²) in [6.45, 7) is 9.09. The molecule has 3 aromatic rings. The summed E-state index contributed by atoms with van der Waals surface area (Å²) in [5, 5.41) is 37.3. The highest BCUT2D eigenvalue weighted by Crippen LogP contribution is 2.33. The van der Waals surface area contributed by atoms with Crippen LogP contribution in [0.25, 0.3) is 10.9 Å². The van der Waals surface area contributed by atoms with Crippen molar-refractivity contribution >= 4 is 28.6 Å². The lowest BCUT2D eigenvalue weighted by atomic mass is 9.86. The van der Waals surface area contributed by atoms with E-state index in [0.29, 0.717) is 29.8 Å². The van der Waals surface area contributed by atoms with Crippen LogP contribution in [0.5, 0.6) is 5.75 Å². The van der Waals surface area contributed by atoms with Gasteiger partial charge in [0, 0.05) is 22.2 Å². The predicted molar refractivity (Wildman–Crippen MR) is 150 cm³/mol. The summed E-state index contributed by atoms with van der Waals surface area (Å²) in [6.07, 6.45) is -1.18. The van der Waals surface area contributed by atoms with Crippen LogP contribution in [0.4, 0.5) is 0 Å². The number of aliphatic hydroxyl groups is 2. The maximum atomic E-state index is 13.2. The number of nitrogens with one attached hydrogen (secondary N) is 2. The molecule has 4 rings (SSSR count). The number of aromatic amines is 1. The summed E-state index contributed by atoms with van der Waals surface area (Å²) in [6, 6.07) is 13.6. The molecular weight excluding hydrogens is 516 g/mol. The maximum absolute atomic E-state index is 13.2. The minimum Gasteiger partial charge on any atom is -0.493 e. The molecule has 0 spiro atoms. The van der Waals surface area contributed by atoms with E-state index in [-0.39, 0.29) is 5.78 Å². The van der Waals surface area contributed by atoms with Gasteiger partial charge in [0.1, 0.15) is 5.75 Å². The number of fused-ring (bicyclic) bond motifs is 3. The molecule has 0 saturated carbocycles. The van der Waals surface area contributed by atoms with Crippen molar-refractivity contribution in [3.8, 4) is 5.75 Å². The van der Waals surface area contributed by atoms with Gasteiger partial charge >= 0.3 is 11.9 Å². The quantitative estimate of drug-likeness (QED) is 0.195. The number of aromatic nitrogens is 1. The van der Waals surface area contributed by atoms with Gasteiger partial charge in [-0.1, -0.05) is 26.0 Å². The van der Waals surface area contributed by atoms with Gasteiger partial charge in [0.05, 0.1) is 12.2 Å². The Hall–Kier alpha value is -3.73. The van der Waals surface area contributed by atoms with Gasteiger partial charge in [-0.15, -0.1) is 0 Å². The average Bonchev–Trinajstić information content (AvgIpc) is 3.29. The Morgan fingerprint density at radius 1 is 1.05 bits per heavy atom. The van der Waals surface area contributed by atoms with E-state index in [4.69, 9.17) is 25.2 Å². The summed E-state index contributed by atoms with van der Waals surface area (Å²) in [5.74, 6) is -1.55. The van der Waals surface area contributed by atoms with Crippen LogP contribution in [0.1, 0.15) is 54.4 Å². The van der Waals surface area contributed by atoms with Crippen LogP contribution in [0.15, 0.2) is 42.5 Å². The Kier molecular flexibility index (Phi) is 10.8. The summed E-state index contributed by atoms with van der Waals surface area (Å²) >= 11 is 0. The lowest BCUT2D eigenvalue weighted by Crippen LogP contribution is -2.39. The molecule has 3 atom stereocenters. The van der Waals surface area contributed by atoms with E-state index in [9.17, 15) is 14.4 Å². The van der Waals surface area contributed by atoms with Crippen molar-refractivity contribution in [2.45, 2.75) is 52.2 Å². The third-order valence-corrected chi connectivity index (χ3v) is 6.77. The van der Waals surface area contributed by atoms with E-state index < -0.39 is 24.1 Å². The van der Waals surface area contributed by atoms with Crippen molar-refractivity contribution in [2.75, 3.05) is 19.7 Å². The Balaban J connectivity index is 0.000000378. The lowest BCUT2D eigenvalue weighted by molar-refractivity contribution is -0.165. The number of carboxylic acids is 2. The number of H-pyrrole nitrogens is 1. The Morgan fingerprint density at radius 3 is 2.35 bits per heavy atom. The smallest absolute Gasteiger partial charge is 0.335 e. The number of carbonyl (C=O) groups is 3. The normalized spacial score (nSPS) is 16.0. The van der Waals surface area contributed by atoms with Gasteiger partial charge in [0.2, 0.25) is 0 Å². The number of benzene rings is 2. The van der Waals surface area contributed by atoms with Crippen molar-refractivity contribution in [1.82, 2.24) is 10.3 Å². The lowest BCUT2D eigenvalue weighted by Gasteiger charge is -2.23. The zero-order valence-corrected chi connectivity index (χ0v) is 23.0. The first-order chi connectivity index (χ1) is 19.0. The molecule has 6 N–H and O–H groups in total. The molecule has 40 heavy (non-hydrogen) atoms. The number of carbonyl (C=O) groups excluding carboxylic acids is 1. The molecule has 10 nitrogen and oxygen atoms in total.